The first-order valence-corrected chi connectivity index (χ1v) is 6.76. The van der Waals surface area contributed by atoms with Crippen molar-refractivity contribution in [1.29, 1.82) is 0 Å². The van der Waals surface area contributed by atoms with Gasteiger partial charge in [-0.25, -0.2) is 0 Å². The normalized spacial score (nSPS) is 19.5. The van der Waals surface area contributed by atoms with Crippen LogP contribution in [0.2, 0.25) is 10.0 Å². The SMILES string of the molecule is CC(C)CN1C(N)=NCC1c1cccc(Cl)c1Cl. The van der Waals surface area contributed by atoms with Crippen molar-refractivity contribution in [3.05, 3.63) is 33.8 Å². The summed E-state index contributed by atoms with van der Waals surface area (Å²) in [7, 11) is 0. The second kappa shape index (κ2) is 5.37. The standard InChI is InChI=1S/C13H17Cl2N3/c1-8(2)7-18-11(6-17-13(18)16)9-4-3-5-10(14)12(9)15/h3-5,8,11H,6-7H2,1-2H3,(H2,16,17). The Labute approximate surface area is 118 Å². The Balaban J connectivity index is 2.30. The van der Waals surface area contributed by atoms with Gasteiger partial charge in [-0.2, -0.15) is 0 Å². The van der Waals surface area contributed by atoms with Crippen LogP contribution in [-0.4, -0.2) is 23.9 Å². The Morgan fingerprint density at radius 3 is 2.83 bits per heavy atom. The fourth-order valence-electron chi connectivity index (χ4n) is 2.19. The molecule has 1 aliphatic rings. The molecule has 5 heteroatoms. The molecule has 1 heterocycles. The number of hydrogen-bond donors (Lipinski definition) is 1. The van der Waals surface area contributed by atoms with Crippen molar-refractivity contribution < 1.29 is 0 Å². The summed E-state index contributed by atoms with van der Waals surface area (Å²) in [6.45, 7) is 5.81. The molecule has 1 aliphatic heterocycles. The zero-order chi connectivity index (χ0) is 13.3. The molecular weight excluding hydrogens is 269 g/mol. The summed E-state index contributed by atoms with van der Waals surface area (Å²) in [6.07, 6.45) is 0. The molecule has 2 rings (SSSR count). The maximum absolute atomic E-state index is 6.27. The minimum absolute atomic E-state index is 0.0959. The van der Waals surface area contributed by atoms with Gasteiger partial charge in [0.1, 0.15) is 0 Å². The van der Waals surface area contributed by atoms with Crippen LogP contribution >= 0.6 is 23.2 Å². The van der Waals surface area contributed by atoms with Crippen molar-refractivity contribution in [3.8, 4) is 0 Å². The Hall–Kier alpha value is -0.930. The number of guanidine groups is 1. The van der Waals surface area contributed by atoms with Gasteiger partial charge in [-0.15, -0.1) is 0 Å². The van der Waals surface area contributed by atoms with Crippen LogP contribution in [0.25, 0.3) is 0 Å². The minimum Gasteiger partial charge on any atom is -0.370 e. The summed E-state index contributed by atoms with van der Waals surface area (Å²) < 4.78 is 0. The molecule has 1 atom stereocenters. The first-order chi connectivity index (χ1) is 8.50. The molecule has 0 aliphatic carbocycles. The lowest BCUT2D eigenvalue weighted by Gasteiger charge is -2.28. The maximum atomic E-state index is 6.27. The van der Waals surface area contributed by atoms with E-state index >= 15 is 0 Å². The van der Waals surface area contributed by atoms with E-state index in [1.165, 1.54) is 0 Å². The molecule has 3 nitrogen and oxygen atoms in total. The molecule has 18 heavy (non-hydrogen) atoms. The van der Waals surface area contributed by atoms with Gasteiger partial charge in [-0.05, 0) is 17.5 Å². The van der Waals surface area contributed by atoms with E-state index in [2.05, 4.69) is 23.7 Å². The highest BCUT2D eigenvalue weighted by atomic mass is 35.5. The smallest absolute Gasteiger partial charge is 0.191 e. The predicted octanol–water partition coefficient (Wildman–Crippen LogP) is 3.32. The van der Waals surface area contributed by atoms with Crippen LogP contribution in [0.4, 0.5) is 0 Å². The van der Waals surface area contributed by atoms with Gasteiger partial charge in [0.25, 0.3) is 0 Å². The van der Waals surface area contributed by atoms with Gasteiger partial charge in [0.2, 0.25) is 0 Å². The van der Waals surface area contributed by atoms with E-state index in [1.807, 2.05) is 12.1 Å². The molecule has 2 N–H and O–H groups in total. The molecule has 1 aromatic rings. The summed E-state index contributed by atoms with van der Waals surface area (Å²) in [5.74, 6) is 1.10. The van der Waals surface area contributed by atoms with Crippen molar-refractivity contribution in [3.63, 3.8) is 0 Å². The summed E-state index contributed by atoms with van der Waals surface area (Å²) in [6, 6.07) is 5.78. The number of nitrogens with two attached hydrogens (primary N) is 1. The Bertz CT molecular complexity index is 471. The van der Waals surface area contributed by atoms with Crippen LogP contribution in [0, 0.1) is 5.92 Å². The first kappa shape index (κ1) is 13.5. The minimum atomic E-state index is 0.0959. The summed E-state index contributed by atoms with van der Waals surface area (Å²) in [5.41, 5.74) is 6.94. The Kier molecular flexibility index (Phi) is 4.03. The summed E-state index contributed by atoms with van der Waals surface area (Å²) >= 11 is 12.3. The average molecular weight is 286 g/mol. The highest BCUT2D eigenvalue weighted by Crippen LogP contribution is 2.35. The van der Waals surface area contributed by atoms with E-state index in [0.29, 0.717) is 28.5 Å². The predicted molar refractivity (Wildman–Crippen MR) is 77.2 cm³/mol. The van der Waals surface area contributed by atoms with E-state index in [4.69, 9.17) is 28.9 Å². The van der Waals surface area contributed by atoms with Gasteiger partial charge in [-0.1, -0.05) is 49.2 Å². The number of rotatable bonds is 3. The van der Waals surface area contributed by atoms with Crippen LogP contribution in [0.1, 0.15) is 25.5 Å². The van der Waals surface area contributed by atoms with E-state index < -0.39 is 0 Å². The van der Waals surface area contributed by atoms with Crippen LogP contribution in [0.5, 0.6) is 0 Å². The first-order valence-electron chi connectivity index (χ1n) is 6.01. The van der Waals surface area contributed by atoms with Crippen LogP contribution in [-0.2, 0) is 0 Å². The fourth-order valence-corrected chi connectivity index (χ4v) is 2.62. The van der Waals surface area contributed by atoms with Crippen molar-refractivity contribution in [2.24, 2.45) is 16.6 Å². The monoisotopic (exact) mass is 285 g/mol. The maximum Gasteiger partial charge on any atom is 0.191 e. The molecule has 0 spiro atoms. The lowest BCUT2D eigenvalue weighted by molar-refractivity contribution is 0.309. The number of benzene rings is 1. The van der Waals surface area contributed by atoms with Gasteiger partial charge in [0, 0.05) is 6.54 Å². The zero-order valence-corrected chi connectivity index (χ0v) is 12.0. The average Bonchev–Trinajstić information content (AvgIpc) is 2.64. The van der Waals surface area contributed by atoms with Gasteiger partial charge in [-0.3, -0.25) is 4.99 Å². The Morgan fingerprint density at radius 2 is 2.17 bits per heavy atom. The quantitative estimate of drug-likeness (QED) is 0.926. The molecule has 0 saturated carbocycles. The third-order valence-corrected chi connectivity index (χ3v) is 3.83. The highest BCUT2D eigenvalue weighted by Gasteiger charge is 2.29. The number of aliphatic imine (C=N–C) groups is 1. The van der Waals surface area contributed by atoms with Crippen molar-refractivity contribution in [2.75, 3.05) is 13.1 Å². The Morgan fingerprint density at radius 1 is 1.44 bits per heavy atom. The molecule has 0 saturated heterocycles. The zero-order valence-electron chi connectivity index (χ0n) is 10.5. The van der Waals surface area contributed by atoms with Crippen LogP contribution < -0.4 is 5.73 Å². The lowest BCUT2D eigenvalue weighted by atomic mass is 10.0. The van der Waals surface area contributed by atoms with Gasteiger partial charge >= 0.3 is 0 Å². The van der Waals surface area contributed by atoms with Crippen molar-refractivity contribution in [2.45, 2.75) is 19.9 Å². The van der Waals surface area contributed by atoms with E-state index in [0.717, 1.165) is 12.1 Å². The summed E-state index contributed by atoms with van der Waals surface area (Å²) in [4.78, 5) is 6.42. The third kappa shape index (κ3) is 2.57. The second-order valence-corrected chi connectivity index (χ2v) is 5.69. The molecule has 0 bridgehead atoms. The largest absolute Gasteiger partial charge is 0.370 e. The summed E-state index contributed by atoms with van der Waals surface area (Å²) in [5, 5.41) is 1.17. The molecule has 0 fully saturated rings. The van der Waals surface area contributed by atoms with E-state index in [-0.39, 0.29) is 6.04 Å². The molecule has 1 unspecified atom stereocenters. The van der Waals surface area contributed by atoms with Gasteiger partial charge in [0.05, 0.1) is 22.6 Å². The van der Waals surface area contributed by atoms with E-state index in [1.54, 1.807) is 6.07 Å². The number of nitrogens with zero attached hydrogens (tertiary/aromatic N) is 2. The second-order valence-electron chi connectivity index (χ2n) is 4.90. The highest BCUT2D eigenvalue weighted by molar-refractivity contribution is 6.42. The van der Waals surface area contributed by atoms with Crippen molar-refractivity contribution in [1.82, 2.24) is 4.90 Å². The van der Waals surface area contributed by atoms with Crippen molar-refractivity contribution >= 4 is 29.2 Å². The molecule has 0 amide bonds. The van der Waals surface area contributed by atoms with Gasteiger partial charge < -0.3 is 10.6 Å². The lowest BCUT2D eigenvalue weighted by Crippen LogP contribution is -2.38. The third-order valence-electron chi connectivity index (χ3n) is 3.00. The molecule has 0 radical (unpaired) electrons. The van der Waals surface area contributed by atoms with E-state index in [9.17, 15) is 0 Å². The fraction of sp³-hybridized carbons (Fsp3) is 0.462. The molecule has 98 valence electrons. The molecule has 0 aromatic heterocycles. The number of hydrogen-bond acceptors (Lipinski definition) is 3. The van der Waals surface area contributed by atoms with Crippen LogP contribution in [0.15, 0.2) is 23.2 Å². The van der Waals surface area contributed by atoms with Crippen LogP contribution in [0.3, 0.4) is 0 Å². The molecule has 1 aromatic carbocycles. The van der Waals surface area contributed by atoms with Gasteiger partial charge in [0.15, 0.2) is 5.96 Å². The number of halogens is 2. The topological polar surface area (TPSA) is 41.6 Å². The molecular formula is C13H17Cl2N3.